The molecule has 0 fully saturated rings. The topological polar surface area (TPSA) is 59.3 Å². The summed E-state index contributed by atoms with van der Waals surface area (Å²) >= 11 is 0. The molecule has 0 saturated heterocycles. The molecule has 0 unspecified atom stereocenters. The zero-order chi connectivity index (χ0) is 15.0. The second-order valence-corrected chi connectivity index (χ2v) is 4.51. The Bertz CT molecular complexity index is 915. The van der Waals surface area contributed by atoms with E-state index in [4.69, 9.17) is 5.11 Å². The molecule has 3 aromatic rings. The number of pyridine rings is 1. The quantitative estimate of drug-likeness (QED) is 0.786. The van der Waals surface area contributed by atoms with E-state index in [-0.39, 0.29) is 5.69 Å². The molecular formula is C16H10FNO3. The molecule has 0 aliphatic heterocycles. The summed E-state index contributed by atoms with van der Waals surface area (Å²) in [5.74, 6) is -1.93. The number of para-hydroxylation sites is 2. The van der Waals surface area contributed by atoms with E-state index in [0.29, 0.717) is 10.9 Å². The van der Waals surface area contributed by atoms with Gasteiger partial charge in [0.15, 0.2) is 0 Å². The van der Waals surface area contributed by atoms with Crippen molar-refractivity contribution in [1.82, 2.24) is 4.57 Å². The number of carboxylic acid groups (broad SMARTS) is 1. The van der Waals surface area contributed by atoms with Gasteiger partial charge in [0.2, 0.25) is 0 Å². The first-order valence-electron chi connectivity index (χ1n) is 6.22. The van der Waals surface area contributed by atoms with Crippen LogP contribution in [0.1, 0.15) is 10.4 Å². The number of halogens is 1. The number of fused-ring (bicyclic) bond motifs is 1. The van der Waals surface area contributed by atoms with Crippen LogP contribution in [0, 0.1) is 5.82 Å². The molecule has 2 aromatic carbocycles. The summed E-state index contributed by atoms with van der Waals surface area (Å²) in [6.45, 7) is 0. The maximum Gasteiger partial charge on any atom is 0.341 e. The Labute approximate surface area is 118 Å². The smallest absolute Gasteiger partial charge is 0.341 e. The van der Waals surface area contributed by atoms with Crippen molar-refractivity contribution in [2.45, 2.75) is 0 Å². The molecule has 4 nitrogen and oxygen atoms in total. The molecule has 21 heavy (non-hydrogen) atoms. The van der Waals surface area contributed by atoms with Crippen LogP contribution in [0.15, 0.2) is 59.4 Å². The molecule has 0 radical (unpaired) electrons. The SMILES string of the molecule is O=C(O)c1cc2ccccc2n(-c2ccccc2F)c1=O. The van der Waals surface area contributed by atoms with Crippen LogP contribution in [0.5, 0.6) is 0 Å². The Balaban J connectivity index is 2.51. The van der Waals surface area contributed by atoms with Gasteiger partial charge in [0.1, 0.15) is 11.4 Å². The second kappa shape index (κ2) is 4.86. The van der Waals surface area contributed by atoms with Gasteiger partial charge in [0, 0.05) is 0 Å². The molecule has 1 aromatic heterocycles. The summed E-state index contributed by atoms with van der Waals surface area (Å²) in [6, 6.07) is 13.8. The normalized spacial score (nSPS) is 10.7. The third-order valence-electron chi connectivity index (χ3n) is 3.23. The maximum atomic E-state index is 14.0. The predicted octanol–water partition coefficient (Wildman–Crippen LogP) is 2.83. The Hall–Kier alpha value is -2.95. The van der Waals surface area contributed by atoms with Crippen LogP contribution in [-0.2, 0) is 0 Å². The van der Waals surface area contributed by atoms with E-state index in [1.54, 1.807) is 30.3 Å². The first kappa shape index (κ1) is 13.1. The fourth-order valence-corrected chi connectivity index (χ4v) is 2.29. The number of carboxylic acids is 1. The molecule has 0 amide bonds. The highest BCUT2D eigenvalue weighted by Crippen LogP contribution is 2.19. The third-order valence-corrected chi connectivity index (χ3v) is 3.23. The molecule has 0 spiro atoms. The summed E-state index contributed by atoms with van der Waals surface area (Å²) in [6.07, 6.45) is 0. The summed E-state index contributed by atoms with van der Waals surface area (Å²) in [4.78, 5) is 23.6. The van der Waals surface area contributed by atoms with Crippen molar-refractivity contribution in [3.63, 3.8) is 0 Å². The van der Waals surface area contributed by atoms with E-state index in [1.807, 2.05) is 0 Å². The lowest BCUT2D eigenvalue weighted by molar-refractivity contribution is 0.0695. The lowest BCUT2D eigenvalue weighted by Crippen LogP contribution is -2.26. The molecule has 1 heterocycles. The van der Waals surface area contributed by atoms with Crippen LogP contribution < -0.4 is 5.56 Å². The fraction of sp³-hybridized carbons (Fsp3) is 0. The summed E-state index contributed by atoms with van der Waals surface area (Å²) in [5.41, 5.74) is -0.664. The molecule has 104 valence electrons. The standard InChI is InChI=1S/C16H10FNO3/c17-12-6-2-4-8-14(12)18-13-7-3-1-5-10(13)9-11(15(18)19)16(20)21/h1-9H,(H,20,21). The lowest BCUT2D eigenvalue weighted by Gasteiger charge is -2.12. The molecular weight excluding hydrogens is 273 g/mol. The molecule has 5 heteroatoms. The number of hydrogen-bond donors (Lipinski definition) is 1. The number of aromatic carboxylic acids is 1. The van der Waals surface area contributed by atoms with Gasteiger partial charge in [-0.3, -0.25) is 9.36 Å². The highest BCUT2D eigenvalue weighted by atomic mass is 19.1. The van der Waals surface area contributed by atoms with E-state index < -0.39 is 22.9 Å². The lowest BCUT2D eigenvalue weighted by atomic mass is 10.1. The summed E-state index contributed by atoms with van der Waals surface area (Å²) in [7, 11) is 0. The average molecular weight is 283 g/mol. The van der Waals surface area contributed by atoms with Gasteiger partial charge in [-0.1, -0.05) is 30.3 Å². The number of rotatable bonds is 2. The van der Waals surface area contributed by atoms with E-state index in [2.05, 4.69) is 0 Å². The molecule has 3 rings (SSSR count). The van der Waals surface area contributed by atoms with Crippen molar-refractivity contribution in [3.05, 3.63) is 76.3 Å². The van der Waals surface area contributed by atoms with Crippen molar-refractivity contribution in [2.24, 2.45) is 0 Å². The van der Waals surface area contributed by atoms with Crippen molar-refractivity contribution in [2.75, 3.05) is 0 Å². The van der Waals surface area contributed by atoms with Crippen molar-refractivity contribution < 1.29 is 14.3 Å². The zero-order valence-corrected chi connectivity index (χ0v) is 10.8. The predicted molar refractivity (Wildman–Crippen MR) is 76.5 cm³/mol. The van der Waals surface area contributed by atoms with Crippen molar-refractivity contribution in [3.8, 4) is 5.69 Å². The third kappa shape index (κ3) is 2.08. The second-order valence-electron chi connectivity index (χ2n) is 4.51. The van der Waals surface area contributed by atoms with Gasteiger partial charge in [-0.05, 0) is 29.7 Å². The van der Waals surface area contributed by atoms with Gasteiger partial charge in [-0.2, -0.15) is 0 Å². The largest absolute Gasteiger partial charge is 0.477 e. The minimum Gasteiger partial charge on any atom is -0.477 e. The molecule has 0 atom stereocenters. The van der Waals surface area contributed by atoms with E-state index in [1.165, 1.54) is 24.3 Å². The molecule has 1 N–H and O–H groups in total. The summed E-state index contributed by atoms with van der Waals surface area (Å²) in [5, 5.41) is 9.71. The highest BCUT2D eigenvalue weighted by molar-refractivity contribution is 5.93. The Kier molecular flexibility index (Phi) is 3.02. The van der Waals surface area contributed by atoms with Crippen LogP contribution in [0.4, 0.5) is 4.39 Å². The minimum atomic E-state index is -1.34. The molecule has 0 aliphatic rings. The highest BCUT2D eigenvalue weighted by Gasteiger charge is 2.17. The van der Waals surface area contributed by atoms with Crippen LogP contribution in [0.2, 0.25) is 0 Å². The number of benzene rings is 2. The fourth-order valence-electron chi connectivity index (χ4n) is 2.29. The van der Waals surface area contributed by atoms with Crippen LogP contribution >= 0.6 is 0 Å². The number of carbonyl (C=O) groups is 1. The Morgan fingerprint density at radius 3 is 2.43 bits per heavy atom. The van der Waals surface area contributed by atoms with Gasteiger partial charge in [-0.25, -0.2) is 9.18 Å². The number of hydrogen-bond acceptors (Lipinski definition) is 2. The molecule has 0 saturated carbocycles. The van der Waals surface area contributed by atoms with E-state index in [0.717, 1.165) is 4.57 Å². The Morgan fingerprint density at radius 2 is 1.71 bits per heavy atom. The van der Waals surface area contributed by atoms with Gasteiger partial charge in [0.25, 0.3) is 5.56 Å². The van der Waals surface area contributed by atoms with Gasteiger partial charge < -0.3 is 5.11 Å². The zero-order valence-electron chi connectivity index (χ0n) is 10.8. The van der Waals surface area contributed by atoms with E-state index in [9.17, 15) is 14.0 Å². The van der Waals surface area contributed by atoms with Gasteiger partial charge in [-0.15, -0.1) is 0 Å². The van der Waals surface area contributed by atoms with Crippen LogP contribution in [0.25, 0.3) is 16.6 Å². The van der Waals surface area contributed by atoms with Crippen molar-refractivity contribution >= 4 is 16.9 Å². The number of nitrogens with zero attached hydrogens (tertiary/aromatic N) is 1. The monoisotopic (exact) mass is 283 g/mol. The van der Waals surface area contributed by atoms with Crippen LogP contribution in [-0.4, -0.2) is 15.6 Å². The van der Waals surface area contributed by atoms with Gasteiger partial charge >= 0.3 is 5.97 Å². The number of aromatic nitrogens is 1. The maximum absolute atomic E-state index is 14.0. The van der Waals surface area contributed by atoms with Crippen molar-refractivity contribution in [1.29, 1.82) is 0 Å². The first-order valence-corrected chi connectivity index (χ1v) is 6.22. The van der Waals surface area contributed by atoms with Crippen LogP contribution in [0.3, 0.4) is 0 Å². The Morgan fingerprint density at radius 1 is 1.05 bits per heavy atom. The summed E-state index contributed by atoms with van der Waals surface area (Å²) < 4.78 is 15.1. The van der Waals surface area contributed by atoms with E-state index >= 15 is 0 Å². The van der Waals surface area contributed by atoms with Gasteiger partial charge in [0.05, 0.1) is 11.2 Å². The molecule has 0 aliphatic carbocycles. The first-order chi connectivity index (χ1) is 10.1. The molecule has 0 bridgehead atoms. The average Bonchev–Trinajstić information content (AvgIpc) is 2.47. The minimum absolute atomic E-state index is 0.0294.